The van der Waals surface area contributed by atoms with E-state index >= 15 is 0 Å². The largest absolute Gasteiger partial charge is 0.396 e. The molecule has 0 bridgehead atoms. The number of piperazine rings is 1. The van der Waals surface area contributed by atoms with Crippen LogP contribution in [0.2, 0.25) is 0 Å². The second-order valence-corrected chi connectivity index (χ2v) is 4.79. The molecular formula is C11H20N2O2. The summed E-state index contributed by atoms with van der Waals surface area (Å²) in [6, 6.07) is 0.708. The number of hydrogen-bond donors (Lipinski definition) is 1. The zero-order valence-electron chi connectivity index (χ0n) is 9.52. The van der Waals surface area contributed by atoms with Gasteiger partial charge >= 0.3 is 0 Å². The van der Waals surface area contributed by atoms with Crippen LogP contribution >= 0.6 is 0 Å². The van der Waals surface area contributed by atoms with Crippen molar-refractivity contribution in [3.05, 3.63) is 0 Å². The summed E-state index contributed by atoms with van der Waals surface area (Å²) in [6.45, 7) is 3.13. The minimum absolute atomic E-state index is 0.0909. The second kappa shape index (κ2) is 4.10. The van der Waals surface area contributed by atoms with Crippen molar-refractivity contribution in [1.29, 1.82) is 0 Å². The lowest BCUT2D eigenvalue weighted by Gasteiger charge is -2.43. The molecule has 2 aliphatic rings. The zero-order valence-corrected chi connectivity index (χ0v) is 9.52. The first-order valence-electron chi connectivity index (χ1n) is 5.78. The van der Waals surface area contributed by atoms with Gasteiger partial charge in [0.05, 0.1) is 6.04 Å². The monoisotopic (exact) mass is 212 g/mol. The van der Waals surface area contributed by atoms with E-state index < -0.39 is 0 Å². The maximum Gasteiger partial charge on any atom is 0.240 e. The van der Waals surface area contributed by atoms with E-state index in [0.29, 0.717) is 18.5 Å². The van der Waals surface area contributed by atoms with Crippen LogP contribution in [0.5, 0.6) is 0 Å². The summed E-state index contributed by atoms with van der Waals surface area (Å²) in [4.78, 5) is 16.3. The van der Waals surface area contributed by atoms with Gasteiger partial charge in [-0.05, 0) is 33.2 Å². The number of amides is 1. The van der Waals surface area contributed by atoms with Crippen molar-refractivity contribution in [1.82, 2.24) is 9.80 Å². The Balaban J connectivity index is 2.09. The Morgan fingerprint density at radius 3 is 2.67 bits per heavy atom. The Labute approximate surface area is 90.9 Å². The molecule has 1 N–H and O–H groups in total. The Hall–Kier alpha value is -0.610. The topological polar surface area (TPSA) is 43.8 Å². The predicted molar refractivity (Wildman–Crippen MR) is 57.5 cm³/mol. The third-order valence-electron chi connectivity index (χ3n) is 3.44. The highest BCUT2D eigenvalue weighted by molar-refractivity contribution is 5.83. The molecule has 1 aliphatic heterocycles. The molecule has 2 atom stereocenters. The first kappa shape index (κ1) is 10.9. The van der Waals surface area contributed by atoms with Crippen LogP contribution in [0, 0.1) is 0 Å². The highest BCUT2D eigenvalue weighted by Crippen LogP contribution is 2.32. The van der Waals surface area contributed by atoms with Gasteiger partial charge in [0.15, 0.2) is 0 Å². The molecule has 2 unspecified atom stereocenters. The average molecular weight is 212 g/mol. The Morgan fingerprint density at radius 2 is 2.13 bits per heavy atom. The molecule has 0 radical (unpaired) electrons. The first-order valence-corrected chi connectivity index (χ1v) is 5.78. The number of carbonyl (C=O) groups excluding carboxylic acids is 1. The van der Waals surface area contributed by atoms with E-state index in [4.69, 9.17) is 5.11 Å². The van der Waals surface area contributed by atoms with Crippen LogP contribution in [0.3, 0.4) is 0 Å². The number of hydrogen-bond acceptors (Lipinski definition) is 3. The molecule has 4 heteroatoms. The first-order chi connectivity index (χ1) is 7.15. The lowest BCUT2D eigenvalue weighted by molar-refractivity contribution is -0.146. The number of rotatable bonds is 3. The maximum absolute atomic E-state index is 12.2. The summed E-state index contributed by atoms with van der Waals surface area (Å²) in [7, 11) is 1.97. The Kier molecular flexibility index (Phi) is 2.98. The molecule has 15 heavy (non-hydrogen) atoms. The van der Waals surface area contributed by atoms with Crippen molar-refractivity contribution in [2.24, 2.45) is 0 Å². The van der Waals surface area contributed by atoms with E-state index in [2.05, 4.69) is 11.8 Å². The predicted octanol–water partition coefficient (Wildman–Crippen LogP) is 0.0623. The molecule has 2 rings (SSSR count). The molecule has 0 aromatic heterocycles. The minimum atomic E-state index is -0.105. The molecule has 1 saturated heterocycles. The van der Waals surface area contributed by atoms with Gasteiger partial charge in [0.25, 0.3) is 0 Å². The maximum atomic E-state index is 12.2. The van der Waals surface area contributed by atoms with Crippen LogP contribution in [0.4, 0.5) is 0 Å². The summed E-state index contributed by atoms with van der Waals surface area (Å²) in [5.41, 5.74) is 0. The molecule has 2 fully saturated rings. The van der Waals surface area contributed by atoms with Crippen molar-refractivity contribution in [3.8, 4) is 0 Å². The van der Waals surface area contributed by atoms with Crippen LogP contribution in [-0.2, 0) is 4.79 Å². The summed E-state index contributed by atoms with van der Waals surface area (Å²) < 4.78 is 0. The van der Waals surface area contributed by atoms with Crippen molar-refractivity contribution < 1.29 is 9.90 Å². The summed E-state index contributed by atoms with van der Waals surface area (Å²) in [6.07, 6.45) is 2.88. The highest BCUT2D eigenvalue weighted by Gasteiger charge is 2.43. The van der Waals surface area contributed by atoms with E-state index in [1.807, 2.05) is 11.9 Å². The van der Waals surface area contributed by atoms with Crippen molar-refractivity contribution in [2.45, 2.75) is 44.3 Å². The average Bonchev–Trinajstić information content (AvgIpc) is 2.96. The van der Waals surface area contributed by atoms with Crippen molar-refractivity contribution in [2.75, 3.05) is 20.2 Å². The van der Waals surface area contributed by atoms with E-state index in [0.717, 1.165) is 19.4 Å². The lowest BCUT2D eigenvalue weighted by atomic mass is 10.0. The van der Waals surface area contributed by atoms with Crippen LogP contribution < -0.4 is 0 Å². The van der Waals surface area contributed by atoms with Gasteiger partial charge in [0, 0.05) is 25.2 Å². The number of likely N-dealkylation sites (N-methyl/N-ethyl adjacent to an activating group) is 1. The van der Waals surface area contributed by atoms with Gasteiger partial charge in [-0.1, -0.05) is 0 Å². The molecule has 1 aliphatic carbocycles. The normalized spacial score (nSPS) is 33.5. The lowest BCUT2D eigenvalue weighted by Crippen LogP contribution is -2.60. The van der Waals surface area contributed by atoms with Gasteiger partial charge in [-0.2, -0.15) is 0 Å². The van der Waals surface area contributed by atoms with Crippen molar-refractivity contribution >= 4 is 5.91 Å². The molecule has 1 heterocycles. The quantitative estimate of drug-likeness (QED) is 0.719. The SMILES string of the molecule is CC1CN(C)C(CCO)C(=O)N1C1CC1. The summed E-state index contributed by atoms with van der Waals surface area (Å²) in [5.74, 6) is 0.216. The Morgan fingerprint density at radius 1 is 1.47 bits per heavy atom. The van der Waals surface area contributed by atoms with E-state index in [9.17, 15) is 4.79 Å². The highest BCUT2D eigenvalue weighted by atomic mass is 16.3. The standard InChI is InChI=1S/C11H20N2O2/c1-8-7-12(2)10(5-6-14)11(15)13(8)9-3-4-9/h8-10,14H,3-7H2,1-2H3. The van der Waals surface area contributed by atoms with Gasteiger partial charge in [-0.3, -0.25) is 9.69 Å². The molecule has 1 saturated carbocycles. The molecular weight excluding hydrogens is 192 g/mol. The van der Waals surface area contributed by atoms with Crippen LogP contribution in [0.25, 0.3) is 0 Å². The smallest absolute Gasteiger partial charge is 0.240 e. The van der Waals surface area contributed by atoms with Gasteiger partial charge < -0.3 is 10.0 Å². The van der Waals surface area contributed by atoms with Crippen molar-refractivity contribution in [3.63, 3.8) is 0 Å². The third kappa shape index (κ3) is 2.01. The zero-order chi connectivity index (χ0) is 11.0. The molecule has 1 amide bonds. The van der Waals surface area contributed by atoms with Crippen LogP contribution in [0.1, 0.15) is 26.2 Å². The molecule has 0 spiro atoms. The third-order valence-corrected chi connectivity index (χ3v) is 3.44. The molecule has 0 aromatic carbocycles. The second-order valence-electron chi connectivity index (χ2n) is 4.79. The molecule has 0 aromatic rings. The minimum Gasteiger partial charge on any atom is -0.396 e. The fraction of sp³-hybridized carbons (Fsp3) is 0.909. The van der Waals surface area contributed by atoms with Crippen LogP contribution in [-0.4, -0.2) is 59.1 Å². The van der Waals surface area contributed by atoms with E-state index in [1.165, 1.54) is 0 Å². The fourth-order valence-corrected chi connectivity index (χ4v) is 2.57. The summed E-state index contributed by atoms with van der Waals surface area (Å²) in [5, 5.41) is 8.96. The molecule has 86 valence electrons. The van der Waals surface area contributed by atoms with Gasteiger partial charge in [-0.25, -0.2) is 0 Å². The number of nitrogens with zero attached hydrogens (tertiary/aromatic N) is 2. The van der Waals surface area contributed by atoms with Crippen LogP contribution in [0.15, 0.2) is 0 Å². The Bertz CT molecular complexity index is 253. The number of aliphatic hydroxyl groups excluding tert-OH is 1. The van der Waals surface area contributed by atoms with Gasteiger partial charge in [-0.15, -0.1) is 0 Å². The summed E-state index contributed by atoms with van der Waals surface area (Å²) >= 11 is 0. The number of aliphatic hydroxyl groups is 1. The van der Waals surface area contributed by atoms with E-state index in [1.54, 1.807) is 0 Å². The molecule has 4 nitrogen and oxygen atoms in total. The van der Waals surface area contributed by atoms with Gasteiger partial charge in [0.2, 0.25) is 5.91 Å². The fourth-order valence-electron chi connectivity index (χ4n) is 2.57. The number of carbonyl (C=O) groups is 1. The van der Waals surface area contributed by atoms with E-state index in [-0.39, 0.29) is 18.6 Å². The van der Waals surface area contributed by atoms with Gasteiger partial charge in [0.1, 0.15) is 0 Å².